The first-order chi connectivity index (χ1) is 9.67. The molecule has 1 N–H and O–H groups in total. The number of nitrogens with one attached hydrogen (secondary N) is 1. The smallest absolute Gasteiger partial charge is 0.258 e. The average Bonchev–Trinajstić information content (AvgIpc) is 2.45. The average molecular weight is 277 g/mol. The van der Waals surface area contributed by atoms with E-state index in [9.17, 15) is 4.79 Å². The molecule has 0 aromatic heterocycles. The summed E-state index contributed by atoms with van der Waals surface area (Å²) in [5.41, 5.74) is 1.14. The number of hydrogen-bond donors (Lipinski definition) is 1. The van der Waals surface area contributed by atoms with Gasteiger partial charge in [-0.2, -0.15) is 0 Å². The fourth-order valence-electron chi connectivity index (χ4n) is 2.17. The minimum Gasteiger partial charge on any atom is -0.483 e. The maximum absolute atomic E-state index is 11.8. The van der Waals surface area contributed by atoms with Crippen LogP contribution in [0.3, 0.4) is 0 Å². The molecular formula is C17H27NO2. The van der Waals surface area contributed by atoms with E-state index in [1.165, 1.54) is 12.8 Å². The number of carbonyl (C=O) groups is 1. The van der Waals surface area contributed by atoms with Gasteiger partial charge in [0.1, 0.15) is 5.75 Å². The Labute approximate surface area is 122 Å². The lowest BCUT2D eigenvalue weighted by molar-refractivity contribution is -0.123. The fraction of sp³-hybridized carbons (Fsp3) is 0.588. The zero-order valence-corrected chi connectivity index (χ0v) is 12.9. The van der Waals surface area contributed by atoms with Crippen molar-refractivity contribution in [2.24, 2.45) is 0 Å². The van der Waals surface area contributed by atoms with E-state index in [0.717, 1.165) is 30.6 Å². The Morgan fingerprint density at radius 3 is 2.70 bits per heavy atom. The van der Waals surface area contributed by atoms with E-state index in [-0.39, 0.29) is 18.6 Å². The van der Waals surface area contributed by atoms with Gasteiger partial charge in [-0.1, -0.05) is 51.3 Å². The molecular weight excluding hydrogens is 250 g/mol. The van der Waals surface area contributed by atoms with Crippen LogP contribution in [0, 0.1) is 0 Å². The molecule has 0 fully saturated rings. The first-order valence-corrected chi connectivity index (χ1v) is 7.67. The van der Waals surface area contributed by atoms with E-state index < -0.39 is 0 Å². The summed E-state index contributed by atoms with van der Waals surface area (Å²) in [7, 11) is 0. The van der Waals surface area contributed by atoms with Gasteiger partial charge in [0.25, 0.3) is 5.91 Å². The second-order valence-electron chi connectivity index (χ2n) is 5.21. The Bertz CT molecular complexity index is 404. The number of unbranched alkanes of at least 4 members (excludes halogenated alkanes) is 2. The SMILES string of the molecule is CCCCCC(C)NC(=O)COc1ccccc1CC. The first-order valence-electron chi connectivity index (χ1n) is 7.67. The summed E-state index contributed by atoms with van der Waals surface area (Å²) in [4.78, 5) is 11.8. The second kappa shape index (κ2) is 9.40. The highest BCUT2D eigenvalue weighted by molar-refractivity contribution is 5.77. The van der Waals surface area contributed by atoms with Crippen LogP contribution in [-0.4, -0.2) is 18.6 Å². The van der Waals surface area contributed by atoms with E-state index in [1.807, 2.05) is 31.2 Å². The number of benzene rings is 1. The second-order valence-corrected chi connectivity index (χ2v) is 5.21. The van der Waals surface area contributed by atoms with Gasteiger partial charge < -0.3 is 10.1 Å². The number of carbonyl (C=O) groups excluding carboxylic acids is 1. The first kappa shape index (κ1) is 16.5. The lowest BCUT2D eigenvalue weighted by Crippen LogP contribution is -2.36. The van der Waals surface area contributed by atoms with Gasteiger partial charge in [-0.25, -0.2) is 0 Å². The molecule has 1 aromatic carbocycles. The number of aryl methyl sites for hydroxylation is 1. The van der Waals surface area contributed by atoms with Crippen LogP contribution in [0.5, 0.6) is 5.75 Å². The van der Waals surface area contributed by atoms with E-state index >= 15 is 0 Å². The number of para-hydroxylation sites is 1. The monoisotopic (exact) mass is 277 g/mol. The van der Waals surface area contributed by atoms with Gasteiger partial charge >= 0.3 is 0 Å². The molecule has 112 valence electrons. The Kier molecular flexibility index (Phi) is 7.78. The van der Waals surface area contributed by atoms with Crippen molar-refractivity contribution in [2.45, 2.75) is 58.9 Å². The number of hydrogen-bond acceptors (Lipinski definition) is 2. The Balaban J connectivity index is 2.32. The Morgan fingerprint density at radius 2 is 2.00 bits per heavy atom. The van der Waals surface area contributed by atoms with E-state index in [0.29, 0.717) is 0 Å². The summed E-state index contributed by atoms with van der Waals surface area (Å²) < 4.78 is 5.60. The van der Waals surface area contributed by atoms with Crippen molar-refractivity contribution in [2.75, 3.05) is 6.61 Å². The molecule has 0 heterocycles. The van der Waals surface area contributed by atoms with Crippen molar-refractivity contribution in [1.29, 1.82) is 0 Å². The Morgan fingerprint density at radius 1 is 1.25 bits per heavy atom. The van der Waals surface area contributed by atoms with Gasteiger partial charge in [-0.05, 0) is 31.4 Å². The van der Waals surface area contributed by atoms with Gasteiger partial charge in [-0.3, -0.25) is 4.79 Å². The third-order valence-corrected chi connectivity index (χ3v) is 3.36. The highest BCUT2D eigenvalue weighted by atomic mass is 16.5. The molecule has 1 atom stereocenters. The number of amides is 1. The minimum absolute atomic E-state index is 0.0418. The molecule has 0 radical (unpaired) electrons. The summed E-state index contributed by atoms with van der Waals surface area (Å²) in [5, 5.41) is 2.98. The predicted molar refractivity (Wildman–Crippen MR) is 83.1 cm³/mol. The van der Waals surface area contributed by atoms with Crippen molar-refractivity contribution < 1.29 is 9.53 Å². The van der Waals surface area contributed by atoms with Gasteiger partial charge in [0.15, 0.2) is 6.61 Å². The van der Waals surface area contributed by atoms with Crippen LogP contribution in [0.1, 0.15) is 52.0 Å². The summed E-state index contributed by atoms with van der Waals surface area (Å²) >= 11 is 0. The van der Waals surface area contributed by atoms with Gasteiger partial charge in [0.2, 0.25) is 0 Å². The molecule has 3 nitrogen and oxygen atoms in total. The van der Waals surface area contributed by atoms with Gasteiger partial charge in [0.05, 0.1) is 0 Å². The van der Waals surface area contributed by atoms with E-state index in [1.54, 1.807) is 0 Å². The van der Waals surface area contributed by atoms with Crippen LogP contribution in [0.15, 0.2) is 24.3 Å². The summed E-state index contributed by atoms with van der Waals surface area (Å²) in [6.07, 6.45) is 5.53. The molecule has 1 amide bonds. The van der Waals surface area contributed by atoms with Crippen molar-refractivity contribution in [1.82, 2.24) is 5.32 Å². The van der Waals surface area contributed by atoms with Crippen LogP contribution < -0.4 is 10.1 Å². The van der Waals surface area contributed by atoms with Crippen LogP contribution in [0.25, 0.3) is 0 Å². The maximum Gasteiger partial charge on any atom is 0.258 e. The summed E-state index contributed by atoms with van der Waals surface area (Å²) in [5.74, 6) is 0.767. The molecule has 0 aliphatic heterocycles. The predicted octanol–water partition coefficient (Wildman–Crippen LogP) is 3.71. The Hall–Kier alpha value is -1.51. The highest BCUT2D eigenvalue weighted by Crippen LogP contribution is 2.17. The van der Waals surface area contributed by atoms with Gasteiger partial charge in [-0.15, -0.1) is 0 Å². The van der Waals surface area contributed by atoms with E-state index in [2.05, 4.69) is 19.2 Å². The van der Waals surface area contributed by atoms with Crippen molar-refractivity contribution in [3.05, 3.63) is 29.8 Å². The van der Waals surface area contributed by atoms with Crippen molar-refractivity contribution in [3.8, 4) is 5.75 Å². The molecule has 20 heavy (non-hydrogen) atoms. The molecule has 1 aromatic rings. The third-order valence-electron chi connectivity index (χ3n) is 3.36. The molecule has 0 spiro atoms. The van der Waals surface area contributed by atoms with Crippen molar-refractivity contribution in [3.63, 3.8) is 0 Å². The standard InChI is InChI=1S/C17H27NO2/c1-4-6-7-10-14(3)18-17(19)13-20-16-12-9-8-11-15(16)5-2/h8-9,11-12,14H,4-7,10,13H2,1-3H3,(H,18,19). The maximum atomic E-state index is 11.8. The molecule has 0 aliphatic carbocycles. The molecule has 0 saturated heterocycles. The van der Waals surface area contributed by atoms with Crippen LogP contribution in [-0.2, 0) is 11.2 Å². The molecule has 0 aliphatic rings. The zero-order valence-electron chi connectivity index (χ0n) is 12.9. The van der Waals surface area contributed by atoms with Crippen LogP contribution in [0.4, 0.5) is 0 Å². The van der Waals surface area contributed by atoms with E-state index in [4.69, 9.17) is 4.74 Å². The van der Waals surface area contributed by atoms with Crippen molar-refractivity contribution >= 4 is 5.91 Å². The molecule has 1 unspecified atom stereocenters. The van der Waals surface area contributed by atoms with Crippen LogP contribution >= 0.6 is 0 Å². The number of rotatable bonds is 9. The largest absolute Gasteiger partial charge is 0.483 e. The molecule has 1 rings (SSSR count). The summed E-state index contributed by atoms with van der Waals surface area (Å²) in [6.45, 7) is 6.41. The zero-order chi connectivity index (χ0) is 14.8. The molecule has 0 bridgehead atoms. The molecule has 3 heteroatoms. The fourth-order valence-corrected chi connectivity index (χ4v) is 2.17. The summed E-state index contributed by atoms with van der Waals surface area (Å²) in [6, 6.07) is 8.08. The normalized spacial score (nSPS) is 11.9. The van der Waals surface area contributed by atoms with Gasteiger partial charge in [0, 0.05) is 6.04 Å². The quantitative estimate of drug-likeness (QED) is 0.699. The van der Waals surface area contributed by atoms with Crippen LogP contribution in [0.2, 0.25) is 0 Å². The lowest BCUT2D eigenvalue weighted by Gasteiger charge is -2.15. The molecule has 0 saturated carbocycles. The lowest BCUT2D eigenvalue weighted by atomic mass is 10.1. The number of ether oxygens (including phenoxy) is 1. The minimum atomic E-state index is -0.0418. The third kappa shape index (κ3) is 6.09. The highest BCUT2D eigenvalue weighted by Gasteiger charge is 2.09. The topological polar surface area (TPSA) is 38.3 Å².